The lowest BCUT2D eigenvalue weighted by Crippen LogP contribution is -2.34. The van der Waals surface area contributed by atoms with Crippen LogP contribution in [-0.2, 0) is 4.79 Å². The number of hydrogen-bond acceptors (Lipinski definition) is 3. The number of nitrogens with two attached hydrogens (primary N) is 1. The van der Waals surface area contributed by atoms with Gasteiger partial charge in [-0.1, -0.05) is 6.07 Å². The lowest BCUT2D eigenvalue weighted by molar-refractivity contribution is -0.129. The summed E-state index contributed by atoms with van der Waals surface area (Å²) in [4.78, 5) is 13.8. The van der Waals surface area contributed by atoms with Crippen molar-refractivity contribution in [3.63, 3.8) is 0 Å². The zero-order valence-electron chi connectivity index (χ0n) is 10.3. The number of likely N-dealkylation sites (tertiary alicyclic amines) is 1. The summed E-state index contributed by atoms with van der Waals surface area (Å²) < 4.78 is 13.4. The van der Waals surface area contributed by atoms with E-state index in [9.17, 15) is 9.18 Å². The molecule has 4 nitrogen and oxygen atoms in total. The van der Waals surface area contributed by atoms with E-state index < -0.39 is 5.82 Å². The minimum atomic E-state index is -0.540. The molecule has 0 aromatic heterocycles. The van der Waals surface area contributed by atoms with Crippen LogP contribution in [0.1, 0.15) is 36.4 Å². The van der Waals surface area contributed by atoms with Crippen LogP contribution in [0.4, 0.5) is 4.39 Å². The van der Waals surface area contributed by atoms with Crippen LogP contribution in [0.3, 0.4) is 0 Å². The molecule has 1 aliphatic heterocycles. The summed E-state index contributed by atoms with van der Waals surface area (Å²) in [6.45, 7) is 0. The number of amides is 1. The zero-order chi connectivity index (χ0) is 13.6. The van der Waals surface area contributed by atoms with Crippen molar-refractivity contribution in [3.8, 4) is 6.07 Å². The van der Waals surface area contributed by atoms with Crippen molar-refractivity contribution in [2.45, 2.75) is 37.4 Å². The van der Waals surface area contributed by atoms with Gasteiger partial charge in [0.2, 0.25) is 5.91 Å². The van der Waals surface area contributed by atoms with Crippen LogP contribution in [0.25, 0.3) is 0 Å². The van der Waals surface area contributed by atoms with Crippen molar-refractivity contribution >= 4 is 5.91 Å². The minimum absolute atomic E-state index is 0.000189. The van der Waals surface area contributed by atoms with Crippen LogP contribution >= 0.6 is 0 Å². The van der Waals surface area contributed by atoms with Gasteiger partial charge in [0.25, 0.3) is 0 Å². The van der Waals surface area contributed by atoms with Gasteiger partial charge in [-0.2, -0.15) is 5.26 Å². The Kier molecular flexibility index (Phi) is 2.76. The number of nitrogens with zero attached hydrogens (tertiary/aromatic N) is 2. The molecule has 3 rings (SSSR count). The van der Waals surface area contributed by atoms with Gasteiger partial charge in [0, 0.05) is 18.5 Å². The van der Waals surface area contributed by atoms with Gasteiger partial charge < -0.3 is 10.6 Å². The highest BCUT2D eigenvalue weighted by Gasteiger charge is 2.45. The second-order valence-electron chi connectivity index (χ2n) is 5.20. The van der Waals surface area contributed by atoms with E-state index in [1.54, 1.807) is 6.07 Å². The molecular weight excluding hydrogens is 245 g/mol. The Hall–Kier alpha value is -1.93. The summed E-state index contributed by atoms with van der Waals surface area (Å²) in [6, 6.07) is 5.97. The van der Waals surface area contributed by atoms with Gasteiger partial charge >= 0.3 is 0 Å². The van der Waals surface area contributed by atoms with Gasteiger partial charge in [-0.25, -0.2) is 4.39 Å². The fourth-order valence-corrected chi connectivity index (χ4v) is 2.78. The van der Waals surface area contributed by atoms with Crippen LogP contribution in [-0.4, -0.2) is 22.9 Å². The first-order valence-electron chi connectivity index (χ1n) is 6.38. The SMILES string of the molecule is N#Cc1cc(C2C(N)CC(=O)N2C2CC2)ccc1F. The third-order valence-electron chi connectivity index (χ3n) is 3.80. The van der Waals surface area contributed by atoms with E-state index in [1.807, 2.05) is 11.0 Å². The molecule has 19 heavy (non-hydrogen) atoms. The minimum Gasteiger partial charge on any atom is -0.331 e. The van der Waals surface area contributed by atoms with E-state index in [0.29, 0.717) is 6.42 Å². The first-order valence-corrected chi connectivity index (χ1v) is 6.38. The van der Waals surface area contributed by atoms with Crippen molar-refractivity contribution in [2.24, 2.45) is 5.73 Å². The van der Waals surface area contributed by atoms with Gasteiger partial charge in [0.15, 0.2) is 0 Å². The van der Waals surface area contributed by atoms with E-state index in [4.69, 9.17) is 11.0 Å². The zero-order valence-corrected chi connectivity index (χ0v) is 10.3. The molecule has 2 atom stereocenters. The van der Waals surface area contributed by atoms with Gasteiger partial charge in [0.05, 0.1) is 11.6 Å². The van der Waals surface area contributed by atoms with E-state index in [1.165, 1.54) is 12.1 Å². The molecular formula is C14H14FN3O. The number of hydrogen-bond donors (Lipinski definition) is 1. The molecule has 1 heterocycles. The number of benzene rings is 1. The van der Waals surface area contributed by atoms with Crippen molar-refractivity contribution in [2.75, 3.05) is 0 Å². The molecule has 98 valence electrons. The molecule has 1 aromatic carbocycles. The van der Waals surface area contributed by atoms with Crippen molar-refractivity contribution in [1.82, 2.24) is 4.90 Å². The highest BCUT2D eigenvalue weighted by molar-refractivity contribution is 5.81. The Labute approximate surface area is 110 Å². The van der Waals surface area contributed by atoms with Gasteiger partial charge in [-0.3, -0.25) is 4.79 Å². The topological polar surface area (TPSA) is 70.1 Å². The molecule has 0 radical (unpaired) electrons. The van der Waals surface area contributed by atoms with Gasteiger partial charge in [-0.05, 0) is 30.5 Å². The standard InChI is InChI=1S/C14H14FN3O/c15-11-4-1-8(5-9(11)7-16)14-12(17)6-13(19)18(14)10-2-3-10/h1,4-5,10,12,14H,2-3,6,17H2. The maximum absolute atomic E-state index is 13.4. The number of rotatable bonds is 2. The van der Waals surface area contributed by atoms with Crippen LogP contribution in [0, 0.1) is 17.1 Å². The molecule has 2 unspecified atom stereocenters. The Balaban J connectivity index is 2.00. The van der Waals surface area contributed by atoms with Crippen LogP contribution < -0.4 is 5.73 Å². The average Bonchev–Trinajstić information content (AvgIpc) is 3.16. The maximum Gasteiger partial charge on any atom is 0.225 e. The summed E-state index contributed by atoms with van der Waals surface area (Å²) in [5.74, 6) is -0.482. The first kappa shape index (κ1) is 12.1. The van der Waals surface area contributed by atoms with E-state index in [2.05, 4.69) is 0 Å². The monoisotopic (exact) mass is 259 g/mol. The largest absolute Gasteiger partial charge is 0.331 e. The average molecular weight is 259 g/mol. The molecule has 1 saturated carbocycles. The van der Waals surface area contributed by atoms with E-state index in [0.717, 1.165) is 18.4 Å². The first-order chi connectivity index (χ1) is 9.11. The maximum atomic E-state index is 13.4. The second-order valence-corrected chi connectivity index (χ2v) is 5.20. The molecule has 0 spiro atoms. The van der Waals surface area contributed by atoms with Crippen molar-refractivity contribution in [1.29, 1.82) is 5.26 Å². The highest BCUT2D eigenvalue weighted by Crippen LogP contribution is 2.41. The smallest absolute Gasteiger partial charge is 0.225 e. The summed E-state index contributed by atoms with van der Waals surface area (Å²) in [5, 5.41) is 8.89. The predicted molar refractivity (Wildman–Crippen MR) is 66.3 cm³/mol. The molecule has 2 N–H and O–H groups in total. The van der Waals surface area contributed by atoms with Crippen molar-refractivity contribution < 1.29 is 9.18 Å². The van der Waals surface area contributed by atoms with E-state index in [-0.39, 0.29) is 29.6 Å². The predicted octanol–water partition coefficient (Wildman–Crippen LogP) is 1.46. The van der Waals surface area contributed by atoms with Crippen LogP contribution in [0.2, 0.25) is 0 Å². The number of halogens is 1. The molecule has 1 aromatic rings. The Morgan fingerprint density at radius 2 is 2.16 bits per heavy atom. The number of carbonyl (C=O) groups excluding carboxylic acids is 1. The van der Waals surface area contributed by atoms with E-state index >= 15 is 0 Å². The van der Waals surface area contributed by atoms with Crippen LogP contribution in [0.15, 0.2) is 18.2 Å². The Morgan fingerprint density at radius 1 is 1.42 bits per heavy atom. The third-order valence-corrected chi connectivity index (χ3v) is 3.80. The third kappa shape index (κ3) is 1.98. The number of nitriles is 1. The lowest BCUT2D eigenvalue weighted by atomic mass is 9.98. The molecule has 2 fully saturated rings. The van der Waals surface area contributed by atoms with Gasteiger partial charge in [0.1, 0.15) is 11.9 Å². The summed E-state index contributed by atoms with van der Waals surface area (Å²) in [7, 11) is 0. The fraction of sp³-hybridized carbons (Fsp3) is 0.429. The molecule has 5 heteroatoms. The summed E-state index contributed by atoms with van der Waals surface area (Å²) >= 11 is 0. The van der Waals surface area contributed by atoms with Crippen LogP contribution in [0.5, 0.6) is 0 Å². The molecule has 1 aliphatic carbocycles. The molecule has 1 saturated heterocycles. The summed E-state index contributed by atoms with van der Waals surface area (Å²) in [5.41, 5.74) is 6.80. The second kappa shape index (κ2) is 4.32. The fourth-order valence-electron chi connectivity index (χ4n) is 2.78. The highest BCUT2D eigenvalue weighted by atomic mass is 19.1. The molecule has 0 bridgehead atoms. The Morgan fingerprint density at radius 3 is 2.79 bits per heavy atom. The Bertz CT molecular complexity index is 577. The quantitative estimate of drug-likeness (QED) is 0.874. The normalized spacial score (nSPS) is 26.6. The molecule has 2 aliphatic rings. The van der Waals surface area contributed by atoms with Gasteiger partial charge in [-0.15, -0.1) is 0 Å². The van der Waals surface area contributed by atoms with Crippen molar-refractivity contribution in [3.05, 3.63) is 35.1 Å². The number of carbonyl (C=O) groups is 1. The lowest BCUT2D eigenvalue weighted by Gasteiger charge is -2.27. The summed E-state index contributed by atoms with van der Waals surface area (Å²) in [6.07, 6.45) is 2.32. The molecule has 1 amide bonds.